The maximum absolute atomic E-state index is 14.2. The van der Waals surface area contributed by atoms with E-state index in [1.54, 1.807) is 18.2 Å². The Labute approximate surface area is 193 Å². The monoisotopic (exact) mass is 450 g/mol. The van der Waals surface area contributed by atoms with Gasteiger partial charge in [0.05, 0.1) is 10.8 Å². The molecule has 1 aromatic heterocycles. The Kier molecular flexibility index (Phi) is 5.35. The highest BCUT2D eigenvalue weighted by molar-refractivity contribution is 5.95. The van der Waals surface area contributed by atoms with E-state index in [1.807, 2.05) is 35.9 Å². The summed E-state index contributed by atoms with van der Waals surface area (Å²) in [4.78, 5) is 0. The van der Waals surface area contributed by atoms with Gasteiger partial charge < -0.3 is 0 Å². The van der Waals surface area contributed by atoms with E-state index in [1.165, 1.54) is 24.8 Å². The van der Waals surface area contributed by atoms with Crippen molar-refractivity contribution in [2.45, 2.75) is 58.5 Å². The van der Waals surface area contributed by atoms with Gasteiger partial charge in [-0.15, -0.1) is 0 Å². The van der Waals surface area contributed by atoms with Crippen LogP contribution in [-0.4, -0.2) is 6.18 Å². The van der Waals surface area contributed by atoms with E-state index in [0.29, 0.717) is 10.9 Å². The van der Waals surface area contributed by atoms with E-state index in [0.717, 1.165) is 27.7 Å². The zero-order valence-electron chi connectivity index (χ0n) is 20.4. The molecule has 0 bridgehead atoms. The molecule has 0 aliphatic carbocycles. The number of benzene rings is 3. The zero-order chi connectivity index (χ0) is 24.3. The van der Waals surface area contributed by atoms with E-state index >= 15 is 0 Å². The Bertz CT molecular complexity index is 1370. The van der Waals surface area contributed by atoms with Crippen LogP contribution < -0.4 is 4.57 Å². The molecule has 0 radical (unpaired) electrons. The van der Waals surface area contributed by atoms with Gasteiger partial charge in [0, 0.05) is 17.7 Å². The van der Waals surface area contributed by atoms with Crippen molar-refractivity contribution in [2.75, 3.05) is 0 Å². The van der Waals surface area contributed by atoms with Crippen molar-refractivity contribution in [2.24, 2.45) is 7.05 Å². The fraction of sp³-hybridized carbons (Fsp3) is 0.345. The highest BCUT2D eigenvalue weighted by atomic mass is 19.4. The van der Waals surface area contributed by atoms with Crippen molar-refractivity contribution in [3.8, 4) is 11.3 Å². The molecule has 0 amide bonds. The quantitative estimate of drug-likeness (QED) is 0.273. The van der Waals surface area contributed by atoms with Crippen molar-refractivity contribution in [3.63, 3.8) is 0 Å². The molecule has 3 aromatic carbocycles. The largest absolute Gasteiger partial charge is 0.397 e. The van der Waals surface area contributed by atoms with Crippen molar-refractivity contribution >= 4 is 21.7 Å². The van der Waals surface area contributed by atoms with Crippen LogP contribution in [0.1, 0.15) is 51.3 Å². The molecule has 1 heterocycles. The minimum absolute atomic E-state index is 0.120. The predicted molar refractivity (Wildman–Crippen MR) is 131 cm³/mol. The Morgan fingerprint density at radius 2 is 1.24 bits per heavy atom. The second-order valence-electron chi connectivity index (χ2n) is 10.5. The van der Waals surface area contributed by atoms with Crippen LogP contribution in [0.25, 0.3) is 32.9 Å². The summed E-state index contributed by atoms with van der Waals surface area (Å²) in [6, 6.07) is 19.6. The van der Waals surface area contributed by atoms with Crippen LogP contribution >= 0.6 is 0 Å². The van der Waals surface area contributed by atoms with Gasteiger partial charge in [-0.05, 0) is 65.8 Å². The molecule has 4 aromatic rings. The van der Waals surface area contributed by atoms with E-state index < -0.39 is 11.6 Å². The van der Waals surface area contributed by atoms with Crippen LogP contribution in [0.3, 0.4) is 0 Å². The fourth-order valence-electron chi connectivity index (χ4n) is 4.77. The van der Waals surface area contributed by atoms with E-state index in [9.17, 15) is 13.2 Å². The molecule has 0 aliphatic heterocycles. The second-order valence-corrected chi connectivity index (χ2v) is 10.5. The number of alkyl halides is 3. The van der Waals surface area contributed by atoms with Gasteiger partial charge in [-0.25, -0.2) is 0 Å². The van der Waals surface area contributed by atoms with Gasteiger partial charge in [-0.1, -0.05) is 57.2 Å². The molecule has 33 heavy (non-hydrogen) atoms. The lowest BCUT2D eigenvalue weighted by atomic mass is 9.79. The van der Waals surface area contributed by atoms with Gasteiger partial charge in [-0.2, -0.15) is 17.7 Å². The van der Waals surface area contributed by atoms with E-state index in [-0.39, 0.29) is 5.41 Å². The third-order valence-corrected chi connectivity index (χ3v) is 6.98. The number of fused-ring (bicyclic) bond motifs is 2. The number of hydrogen-bond acceptors (Lipinski definition) is 0. The fourth-order valence-corrected chi connectivity index (χ4v) is 4.77. The standard InChI is InChI=1S/C29H31F3N/c1-18-19-12-8-9-13-20(19)23(27(2,3)4)16-22(18)26-17-24(28(5,6)29(30,31)32)21-14-10-11-15-25(21)33(26)7/h8-17H,1-7H3/q+1. The van der Waals surface area contributed by atoms with Crippen molar-refractivity contribution in [1.29, 1.82) is 0 Å². The number of hydrogen-bond donors (Lipinski definition) is 0. The van der Waals surface area contributed by atoms with Gasteiger partial charge in [0.15, 0.2) is 0 Å². The Morgan fingerprint density at radius 1 is 0.697 bits per heavy atom. The summed E-state index contributed by atoms with van der Waals surface area (Å²) in [6.07, 6.45) is -4.37. The molecule has 0 fully saturated rings. The van der Waals surface area contributed by atoms with Crippen LogP contribution in [0.2, 0.25) is 0 Å². The Morgan fingerprint density at radius 3 is 1.82 bits per heavy atom. The highest BCUT2D eigenvalue weighted by Gasteiger charge is 2.50. The van der Waals surface area contributed by atoms with Gasteiger partial charge >= 0.3 is 6.18 Å². The molecule has 1 nitrogen and oxygen atoms in total. The van der Waals surface area contributed by atoms with Crippen LogP contribution in [-0.2, 0) is 17.9 Å². The molecule has 0 saturated heterocycles. The lowest BCUT2D eigenvalue weighted by molar-refractivity contribution is -0.633. The number of pyridine rings is 1. The number of halogens is 3. The van der Waals surface area contributed by atoms with Crippen LogP contribution in [0, 0.1) is 6.92 Å². The molecule has 0 unspecified atom stereocenters. The zero-order valence-corrected chi connectivity index (χ0v) is 20.4. The SMILES string of the molecule is Cc1c(-c2cc(C(C)(C)C(F)(F)F)c3ccccc3[n+]2C)cc(C(C)(C)C)c2ccccc12. The lowest BCUT2D eigenvalue weighted by Gasteiger charge is -2.29. The summed E-state index contributed by atoms with van der Waals surface area (Å²) >= 11 is 0. The molecule has 0 spiro atoms. The van der Waals surface area contributed by atoms with Crippen molar-refractivity contribution < 1.29 is 17.7 Å². The Hall–Kier alpha value is -2.88. The van der Waals surface area contributed by atoms with E-state index in [2.05, 4.69) is 45.9 Å². The topological polar surface area (TPSA) is 3.88 Å². The first-order chi connectivity index (χ1) is 15.2. The summed E-state index contributed by atoms with van der Waals surface area (Å²) < 4.78 is 44.6. The van der Waals surface area contributed by atoms with Crippen molar-refractivity contribution in [3.05, 3.63) is 77.4 Å². The van der Waals surface area contributed by atoms with Gasteiger partial charge in [0.25, 0.3) is 0 Å². The first-order valence-electron chi connectivity index (χ1n) is 11.3. The Balaban J connectivity index is 2.16. The maximum Gasteiger partial charge on any atom is 0.397 e. The first kappa shape index (κ1) is 23.3. The molecule has 0 aliphatic rings. The van der Waals surface area contributed by atoms with Crippen molar-refractivity contribution in [1.82, 2.24) is 0 Å². The second kappa shape index (κ2) is 7.58. The van der Waals surface area contributed by atoms with Gasteiger partial charge in [-0.3, -0.25) is 0 Å². The minimum Gasteiger partial charge on any atom is -0.194 e. The molecule has 0 saturated carbocycles. The van der Waals surface area contributed by atoms with Gasteiger partial charge in [0.1, 0.15) is 7.05 Å². The smallest absolute Gasteiger partial charge is 0.194 e. The molecular formula is C29H31F3N+. The summed E-state index contributed by atoms with van der Waals surface area (Å²) in [5.41, 5.74) is 2.97. The summed E-state index contributed by atoms with van der Waals surface area (Å²) in [7, 11) is 1.94. The molecule has 0 N–H and O–H groups in total. The average Bonchev–Trinajstić information content (AvgIpc) is 2.73. The lowest BCUT2D eigenvalue weighted by Crippen LogP contribution is -2.39. The third kappa shape index (κ3) is 3.70. The number of nitrogens with zero attached hydrogens (tertiary/aromatic N) is 1. The molecular weight excluding hydrogens is 419 g/mol. The number of aromatic nitrogens is 1. The molecule has 172 valence electrons. The summed E-state index contributed by atoms with van der Waals surface area (Å²) in [5, 5.41) is 2.94. The van der Waals surface area contributed by atoms with Crippen LogP contribution in [0.15, 0.2) is 60.7 Å². The average molecular weight is 451 g/mol. The van der Waals surface area contributed by atoms with Crippen LogP contribution in [0.4, 0.5) is 13.2 Å². The normalized spacial score (nSPS) is 13.2. The summed E-state index contributed by atoms with van der Waals surface area (Å²) in [6.45, 7) is 11.1. The number of para-hydroxylation sites is 1. The van der Waals surface area contributed by atoms with Gasteiger partial charge in [0.2, 0.25) is 11.2 Å². The predicted octanol–water partition coefficient (Wildman–Crippen LogP) is 7.93. The maximum atomic E-state index is 14.2. The summed E-state index contributed by atoms with van der Waals surface area (Å²) in [5.74, 6) is 0. The molecule has 4 heteroatoms. The highest BCUT2D eigenvalue weighted by Crippen LogP contribution is 2.44. The minimum atomic E-state index is -4.37. The number of rotatable bonds is 2. The molecule has 0 atom stereocenters. The van der Waals surface area contributed by atoms with Crippen LogP contribution in [0.5, 0.6) is 0 Å². The van der Waals surface area contributed by atoms with E-state index in [4.69, 9.17) is 0 Å². The third-order valence-electron chi connectivity index (χ3n) is 6.98. The number of aryl methyl sites for hydroxylation is 2. The first-order valence-corrected chi connectivity index (χ1v) is 11.3. The molecule has 4 rings (SSSR count).